The van der Waals surface area contributed by atoms with Gasteiger partial charge in [-0.2, -0.15) is 0 Å². The molecule has 18 heavy (non-hydrogen) atoms. The standard InChI is InChI=1S/C15H11N2S/c1-17-14(12-8-4-2-5-9-12)16-15(18-17)13-10-6-3-7-11-13/h1-11H. The van der Waals surface area contributed by atoms with Gasteiger partial charge in [-0.1, -0.05) is 55.6 Å². The summed E-state index contributed by atoms with van der Waals surface area (Å²) in [5.41, 5.74) is 2.11. The Kier molecular flexibility index (Phi) is 2.82. The van der Waals surface area contributed by atoms with E-state index < -0.39 is 0 Å². The molecule has 0 saturated carbocycles. The average molecular weight is 251 g/mol. The van der Waals surface area contributed by atoms with Crippen LogP contribution in [0.2, 0.25) is 0 Å². The molecule has 3 heteroatoms. The Balaban J connectivity index is 2.07. The Morgan fingerprint density at radius 3 is 2.00 bits per heavy atom. The molecule has 0 atom stereocenters. The molecule has 0 spiro atoms. The third-order valence-electron chi connectivity index (χ3n) is 2.65. The molecule has 2 nitrogen and oxygen atoms in total. The van der Waals surface area contributed by atoms with E-state index in [0.717, 1.165) is 22.0 Å². The maximum atomic E-state index is 5.98. The van der Waals surface area contributed by atoms with Crippen LogP contribution in [-0.2, 0) is 0 Å². The number of rotatable bonds is 2. The molecule has 1 radical (unpaired) electrons. The largest absolute Gasteiger partial charge is 0.312 e. The van der Waals surface area contributed by atoms with Gasteiger partial charge in [0.05, 0.1) is 11.5 Å². The molecule has 0 aliphatic rings. The van der Waals surface area contributed by atoms with Crippen molar-refractivity contribution in [1.82, 2.24) is 4.98 Å². The summed E-state index contributed by atoms with van der Waals surface area (Å²) < 4.78 is 1.61. The molecule has 0 bridgehead atoms. The van der Waals surface area contributed by atoms with Crippen molar-refractivity contribution in [2.24, 2.45) is 0 Å². The number of hydrogen-bond donors (Lipinski definition) is 0. The minimum Gasteiger partial charge on any atom is -0.312 e. The second-order valence-corrected chi connectivity index (χ2v) is 4.85. The quantitative estimate of drug-likeness (QED) is 0.504. The molecule has 0 N–H and O–H groups in total. The summed E-state index contributed by atoms with van der Waals surface area (Å²) in [6.45, 7) is 0. The lowest BCUT2D eigenvalue weighted by molar-refractivity contribution is -0.527. The molecule has 0 aliphatic carbocycles. The Morgan fingerprint density at radius 1 is 0.833 bits per heavy atom. The van der Waals surface area contributed by atoms with E-state index in [0.29, 0.717) is 0 Å². The van der Waals surface area contributed by atoms with Crippen molar-refractivity contribution in [2.75, 3.05) is 0 Å². The summed E-state index contributed by atoms with van der Waals surface area (Å²) in [5.74, 6) is 0.791. The van der Waals surface area contributed by atoms with Gasteiger partial charge in [-0.15, -0.1) is 4.98 Å². The maximum Gasteiger partial charge on any atom is 0.248 e. The summed E-state index contributed by atoms with van der Waals surface area (Å²) >= 11 is 1.45. The number of benzene rings is 2. The molecule has 0 amide bonds. The molecule has 87 valence electrons. The van der Waals surface area contributed by atoms with Gasteiger partial charge < -0.3 is 3.96 Å². The summed E-state index contributed by atoms with van der Waals surface area (Å²) in [5, 5.41) is 0.928. The third kappa shape index (κ3) is 2.00. The average Bonchev–Trinajstić information content (AvgIpc) is 2.83. The smallest absolute Gasteiger partial charge is 0.248 e. The first-order valence-electron chi connectivity index (χ1n) is 5.64. The van der Waals surface area contributed by atoms with Crippen LogP contribution in [0.5, 0.6) is 0 Å². The van der Waals surface area contributed by atoms with Crippen LogP contribution in [0.3, 0.4) is 0 Å². The van der Waals surface area contributed by atoms with Crippen molar-refractivity contribution < 1.29 is 3.96 Å². The van der Waals surface area contributed by atoms with Gasteiger partial charge in [0.2, 0.25) is 5.01 Å². The van der Waals surface area contributed by atoms with Crippen LogP contribution in [0.1, 0.15) is 0 Å². The van der Waals surface area contributed by atoms with Crippen molar-refractivity contribution in [3.8, 4) is 22.0 Å². The SMILES string of the molecule is [CH-][n+]1sc(-c2ccccc2)nc1-c1ccccc1. The van der Waals surface area contributed by atoms with E-state index in [4.69, 9.17) is 7.05 Å². The van der Waals surface area contributed by atoms with Crippen LogP contribution in [0.15, 0.2) is 60.7 Å². The molecule has 0 fully saturated rings. The fourth-order valence-corrected chi connectivity index (χ4v) is 2.57. The predicted molar refractivity (Wildman–Crippen MR) is 72.9 cm³/mol. The van der Waals surface area contributed by atoms with Gasteiger partial charge in [0.15, 0.2) is 5.82 Å². The number of nitrogens with zero attached hydrogens (tertiary/aromatic N) is 2. The van der Waals surface area contributed by atoms with Crippen LogP contribution < -0.4 is 3.96 Å². The molecule has 1 aromatic heterocycles. The Bertz CT molecular complexity index is 645. The van der Waals surface area contributed by atoms with Gasteiger partial charge in [0.25, 0.3) is 0 Å². The van der Waals surface area contributed by atoms with E-state index in [1.807, 2.05) is 60.7 Å². The van der Waals surface area contributed by atoms with Gasteiger partial charge in [-0.3, -0.25) is 0 Å². The summed E-state index contributed by atoms with van der Waals surface area (Å²) in [6.07, 6.45) is 0. The Morgan fingerprint density at radius 2 is 1.39 bits per heavy atom. The lowest BCUT2D eigenvalue weighted by Crippen LogP contribution is -2.21. The normalized spacial score (nSPS) is 10.4. The zero-order valence-corrected chi connectivity index (χ0v) is 10.5. The van der Waals surface area contributed by atoms with Crippen molar-refractivity contribution in [3.63, 3.8) is 0 Å². The molecule has 1 heterocycles. The molecule has 2 aromatic carbocycles. The Labute approximate surface area is 110 Å². The van der Waals surface area contributed by atoms with Crippen LogP contribution in [-0.4, -0.2) is 4.98 Å². The summed E-state index contributed by atoms with van der Waals surface area (Å²) in [7, 11) is 5.98. The monoisotopic (exact) mass is 251 g/mol. The van der Waals surface area contributed by atoms with Gasteiger partial charge in [-0.05, 0) is 17.7 Å². The number of aromatic nitrogens is 2. The van der Waals surface area contributed by atoms with E-state index in [1.54, 1.807) is 3.96 Å². The fourth-order valence-electron chi connectivity index (χ4n) is 1.78. The van der Waals surface area contributed by atoms with Crippen LogP contribution >= 0.6 is 11.5 Å². The van der Waals surface area contributed by atoms with E-state index in [-0.39, 0.29) is 0 Å². The topological polar surface area (TPSA) is 16.8 Å². The highest BCUT2D eigenvalue weighted by Gasteiger charge is 2.13. The second-order valence-electron chi connectivity index (χ2n) is 3.89. The molecule has 3 aromatic rings. The zero-order chi connectivity index (χ0) is 12.4. The summed E-state index contributed by atoms with van der Waals surface area (Å²) in [6, 6.07) is 20.0. The maximum absolute atomic E-state index is 5.98. The third-order valence-corrected chi connectivity index (χ3v) is 3.52. The second kappa shape index (κ2) is 4.63. The lowest BCUT2D eigenvalue weighted by Gasteiger charge is -1.98. The van der Waals surface area contributed by atoms with Gasteiger partial charge in [0.1, 0.15) is 0 Å². The summed E-state index contributed by atoms with van der Waals surface area (Å²) in [4.78, 5) is 4.61. The minimum atomic E-state index is 0.791. The predicted octanol–water partition coefficient (Wildman–Crippen LogP) is 3.28. The highest BCUT2D eigenvalue weighted by molar-refractivity contribution is 7.05. The molecule has 0 unspecified atom stereocenters. The van der Waals surface area contributed by atoms with E-state index in [9.17, 15) is 0 Å². The Hall–Kier alpha value is -2.13. The first-order chi connectivity index (χ1) is 8.84. The first kappa shape index (κ1) is 11.0. The van der Waals surface area contributed by atoms with Crippen LogP contribution in [0.4, 0.5) is 0 Å². The molecule has 0 aliphatic heterocycles. The highest BCUT2D eigenvalue weighted by atomic mass is 32.1. The molecule has 3 rings (SSSR count). The highest BCUT2D eigenvalue weighted by Crippen LogP contribution is 2.23. The molecular formula is C15H11N2S. The van der Waals surface area contributed by atoms with E-state index in [1.165, 1.54) is 11.5 Å². The minimum absolute atomic E-state index is 0.791. The van der Waals surface area contributed by atoms with Crippen molar-refractivity contribution >= 4 is 11.5 Å². The van der Waals surface area contributed by atoms with Crippen LogP contribution in [0, 0.1) is 7.05 Å². The van der Waals surface area contributed by atoms with E-state index >= 15 is 0 Å². The van der Waals surface area contributed by atoms with Gasteiger partial charge >= 0.3 is 0 Å². The van der Waals surface area contributed by atoms with Gasteiger partial charge in [-0.25, -0.2) is 0 Å². The van der Waals surface area contributed by atoms with Crippen molar-refractivity contribution in [1.29, 1.82) is 0 Å². The number of hydrogen-bond acceptors (Lipinski definition) is 2. The van der Waals surface area contributed by atoms with E-state index in [2.05, 4.69) is 4.98 Å². The fraction of sp³-hybridized carbons (Fsp3) is 0. The first-order valence-corrected chi connectivity index (χ1v) is 6.41. The zero-order valence-electron chi connectivity index (χ0n) is 9.65. The van der Waals surface area contributed by atoms with Gasteiger partial charge in [0, 0.05) is 5.56 Å². The molecular weight excluding hydrogens is 240 g/mol. The lowest BCUT2D eigenvalue weighted by atomic mass is 10.2. The van der Waals surface area contributed by atoms with Crippen molar-refractivity contribution in [2.45, 2.75) is 0 Å². The van der Waals surface area contributed by atoms with Crippen LogP contribution in [0.25, 0.3) is 22.0 Å². The van der Waals surface area contributed by atoms with Crippen molar-refractivity contribution in [3.05, 3.63) is 67.7 Å². The molecule has 0 saturated heterocycles.